The van der Waals surface area contributed by atoms with E-state index in [0.717, 1.165) is 62.8 Å². The molecule has 3 nitrogen and oxygen atoms in total. The summed E-state index contributed by atoms with van der Waals surface area (Å²) in [5.41, 5.74) is 10.9. The van der Waals surface area contributed by atoms with Gasteiger partial charge in [-0.1, -0.05) is 129 Å². The fraction of sp³-hybridized carbons (Fsp3) is 0.745. The zero-order valence-electron chi connectivity index (χ0n) is 34.9. The second-order valence-electron chi connectivity index (χ2n) is 22.3. The van der Waals surface area contributed by atoms with E-state index in [9.17, 15) is 0 Å². The normalized spacial score (nSPS) is 32.2. The van der Waals surface area contributed by atoms with Crippen LogP contribution in [0.3, 0.4) is 0 Å². The Hall–Kier alpha value is -1.27. The van der Waals surface area contributed by atoms with E-state index in [0.29, 0.717) is 5.92 Å². The van der Waals surface area contributed by atoms with Crippen LogP contribution in [0.1, 0.15) is 176 Å². The van der Waals surface area contributed by atoms with Crippen molar-refractivity contribution in [2.45, 2.75) is 192 Å². The first-order valence-corrected chi connectivity index (χ1v) is 23.8. The minimum Gasteiger partial charge on any atom is -0.399 e. The summed E-state index contributed by atoms with van der Waals surface area (Å²) >= 11 is 0. The van der Waals surface area contributed by atoms with E-state index < -0.39 is 8.24 Å². The standard InChI is InChI=1S/C47H70O3P2/c1-43(2,3)32-24-34-35-25-33(44(4,5)6)27-37(46(10,11)12)42(35)50-52(49-41(34)36(26-32)45(7,8)9)48-28-31-22-30-21-29(31)23-38(30)51-39-17-13-15-19-47(39)20-16-14-18-40(47)51/h24-27,29-31,38-40H,13-23,28H2,1-12H3. The Morgan fingerprint density at radius 3 is 1.54 bits per heavy atom. The van der Waals surface area contributed by atoms with E-state index in [1.54, 1.807) is 25.7 Å². The summed E-state index contributed by atoms with van der Waals surface area (Å²) in [6.45, 7) is 28.6. The molecule has 5 fully saturated rings. The van der Waals surface area contributed by atoms with Gasteiger partial charge in [-0.2, -0.15) is 0 Å². The van der Waals surface area contributed by atoms with Crippen LogP contribution in [0.15, 0.2) is 32.7 Å². The minimum atomic E-state index is -1.63. The summed E-state index contributed by atoms with van der Waals surface area (Å²) in [5.74, 6) is 2.39. The van der Waals surface area contributed by atoms with Crippen LogP contribution in [0, 0.1) is 23.2 Å². The van der Waals surface area contributed by atoms with Crippen LogP contribution in [0.2, 0.25) is 0 Å². The van der Waals surface area contributed by atoms with Crippen molar-refractivity contribution in [3.05, 3.63) is 46.5 Å². The van der Waals surface area contributed by atoms with E-state index >= 15 is 0 Å². The van der Waals surface area contributed by atoms with Crippen molar-refractivity contribution >= 4 is 38.1 Å². The average Bonchev–Trinajstić information content (AvgIpc) is 3.57. The molecule has 4 aliphatic carbocycles. The van der Waals surface area contributed by atoms with Crippen LogP contribution in [0.5, 0.6) is 0 Å². The molecule has 6 unspecified atom stereocenters. The number of hydrogen-bond donors (Lipinski definition) is 0. The lowest BCUT2D eigenvalue weighted by atomic mass is 9.63. The van der Waals surface area contributed by atoms with Gasteiger partial charge in [-0.25, -0.2) is 0 Å². The fourth-order valence-corrected chi connectivity index (χ4v) is 18.3. The smallest absolute Gasteiger partial charge is 0.387 e. The molecule has 2 heterocycles. The first-order valence-electron chi connectivity index (χ1n) is 21.2. The molecule has 5 aliphatic rings. The third-order valence-electron chi connectivity index (χ3n) is 14.7. The van der Waals surface area contributed by atoms with Crippen LogP contribution in [-0.4, -0.2) is 23.6 Å². The maximum atomic E-state index is 7.12. The molecule has 0 N–H and O–H groups in total. The molecule has 5 heteroatoms. The molecule has 52 heavy (non-hydrogen) atoms. The maximum Gasteiger partial charge on any atom is 0.387 e. The highest BCUT2D eigenvalue weighted by Crippen LogP contribution is 2.82. The summed E-state index contributed by atoms with van der Waals surface area (Å²) in [6.07, 6.45) is 16.6. The van der Waals surface area contributed by atoms with Crippen molar-refractivity contribution in [3.63, 3.8) is 0 Å². The second kappa shape index (κ2) is 12.9. The van der Waals surface area contributed by atoms with E-state index in [1.807, 2.05) is 0 Å². The van der Waals surface area contributed by atoms with Gasteiger partial charge >= 0.3 is 8.24 Å². The van der Waals surface area contributed by atoms with Gasteiger partial charge < -0.3 is 8.39 Å². The van der Waals surface area contributed by atoms with Crippen molar-refractivity contribution in [1.29, 1.82) is 0 Å². The van der Waals surface area contributed by atoms with Crippen molar-refractivity contribution < 1.29 is 12.9 Å². The highest BCUT2D eigenvalue weighted by molar-refractivity contribution is 7.62. The van der Waals surface area contributed by atoms with E-state index in [4.69, 9.17) is 12.9 Å². The molecular formula is C47H70O3P2. The Labute approximate surface area is 318 Å². The molecule has 0 amide bonds. The molecule has 286 valence electrons. The number of fused-ring (bicyclic) bond motifs is 5. The quantitative estimate of drug-likeness (QED) is 0.250. The molecule has 8 rings (SSSR count). The van der Waals surface area contributed by atoms with Gasteiger partial charge in [-0.3, -0.25) is 4.52 Å². The Balaban J connectivity index is 1.17. The van der Waals surface area contributed by atoms with Crippen LogP contribution >= 0.6 is 16.2 Å². The number of benzene rings is 2. The molecule has 1 aromatic heterocycles. The summed E-state index contributed by atoms with van der Waals surface area (Å²) in [4.78, 5) is 0. The van der Waals surface area contributed by atoms with Gasteiger partial charge in [0.05, 0.1) is 6.61 Å². The van der Waals surface area contributed by atoms with E-state index in [-0.39, 0.29) is 29.6 Å². The first-order chi connectivity index (χ1) is 24.3. The molecule has 2 bridgehead atoms. The predicted molar refractivity (Wildman–Crippen MR) is 225 cm³/mol. The maximum absolute atomic E-state index is 7.12. The lowest BCUT2D eigenvalue weighted by Gasteiger charge is -2.69. The topological polar surface area (TPSA) is 35.5 Å². The summed E-state index contributed by atoms with van der Waals surface area (Å²) in [5, 5.41) is 2.31. The van der Waals surface area contributed by atoms with Crippen molar-refractivity contribution in [2.75, 3.05) is 6.61 Å². The van der Waals surface area contributed by atoms with E-state index in [2.05, 4.69) is 107 Å². The van der Waals surface area contributed by atoms with Crippen molar-refractivity contribution in [2.24, 2.45) is 23.2 Å². The average molecular weight is 745 g/mol. The molecule has 4 saturated carbocycles. The Morgan fingerprint density at radius 1 is 0.615 bits per heavy atom. The summed E-state index contributed by atoms with van der Waals surface area (Å²) < 4.78 is 21.2. The molecular weight excluding hydrogens is 674 g/mol. The third-order valence-corrected chi connectivity index (χ3v) is 20.1. The molecule has 1 spiro atoms. The van der Waals surface area contributed by atoms with Crippen molar-refractivity contribution in [3.8, 4) is 0 Å². The minimum absolute atomic E-state index is 0.00594. The second-order valence-corrected chi connectivity index (χ2v) is 26.1. The summed E-state index contributed by atoms with van der Waals surface area (Å²) in [6, 6.07) is 9.61. The summed E-state index contributed by atoms with van der Waals surface area (Å²) in [7, 11) is -1.41. The lowest BCUT2D eigenvalue weighted by molar-refractivity contribution is 0.101. The van der Waals surface area contributed by atoms with Gasteiger partial charge in [0.15, 0.2) is 0 Å². The lowest BCUT2D eigenvalue weighted by Crippen LogP contribution is -2.59. The number of rotatable bonds is 4. The van der Waals surface area contributed by atoms with Gasteiger partial charge in [0, 0.05) is 21.9 Å². The molecule has 2 aromatic carbocycles. The monoisotopic (exact) mass is 744 g/mol. The zero-order valence-corrected chi connectivity index (χ0v) is 36.7. The highest BCUT2D eigenvalue weighted by Gasteiger charge is 2.65. The SMILES string of the molecule is CC(C)(C)c1cc(C(C)(C)C)c2op(OCC3CC4CC3CC4P3C4CCCCC45CCCCC35)oc3c(C(C)(C)C)cc(C(C)(C)C)cc3c2c1. The Kier molecular flexibility index (Phi) is 9.33. The van der Waals surface area contributed by atoms with Gasteiger partial charge in [0.1, 0.15) is 11.2 Å². The van der Waals surface area contributed by atoms with Gasteiger partial charge in [-0.15, -0.1) is 0 Å². The first kappa shape index (κ1) is 37.6. The van der Waals surface area contributed by atoms with Gasteiger partial charge in [0.25, 0.3) is 0 Å². The fourth-order valence-electron chi connectivity index (χ4n) is 11.8. The Morgan fingerprint density at radius 2 is 1.12 bits per heavy atom. The van der Waals surface area contributed by atoms with E-state index in [1.165, 1.54) is 67.2 Å². The van der Waals surface area contributed by atoms with Crippen LogP contribution in [-0.2, 0) is 21.7 Å². The van der Waals surface area contributed by atoms with Crippen LogP contribution in [0.4, 0.5) is 0 Å². The predicted octanol–water partition coefficient (Wildman–Crippen LogP) is 14.7. The highest BCUT2D eigenvalue weighted by atomic mass is 31.1. The van der Waals surface area contributed by atoms with Gasteiger partial charge in [-0.05, 0) is 130 Å². The molecule has 1 saturated heterocycles. The van der Waals surface area contributed by atoms with Crippen LogP contribution in [0.25, 0.3) is 21.9 Å². The largest absolute Gasteiger partial charge is 0.399 e. The molecule has 0 radical (unpaired) electrons. The van der Waals surface area contributed by atoms with Crippen LogP contribution < -0.4 is 4.52 Å². The zero-order chi connectivity index (χ0) is 37.2. The van der Waals surface area contributed by atoms with Gasteiger partial charge in [0.2, 0.25) is 0 Å². The molecule has 1 aliphatic heterocycles. The third kappa shape index (κ3) is 6.40. The molecule has 6 atom stereocenters. The Bertz CT molecular complexity index is 1760. The molecule has 3 aromatic rings. The van der Waals surface area contributed by atoms with Crippen molar-refractivity contribution in [1.82, 2.24) is 0 Å². The number of hydrogen-bond acceptors (Lipinski definition) is 3.